The molecule has 0 atom stereocenters. The topological polar surface area (TPSA) is 68.3 Å². The highest BCUT2D eigenvalue weighted by Crippen LogP contribution is 2.30. The molecule has 2 rings (SSSR count). The number of halogens is 1. The predicted molar refractivity (Wildman–Crippen MR) is 64.5 cm³/mol. The summed E-state index contributed by atoms with van der Waals surface area (Å²) < 4.78 is 57.3. The van der Waals surface area contributed by atoms with Crippen molar-refractivity contribution in [2.24, 2.45) is 0 Å². The molecule has 18 heavy (non-hydrogen) atoms. The number of sulfone groups is 1. The average molecular weight is 306 g/mol. The summed E-state index contributed by atoms with van der Waals surface area (Å²) in [6.45, 7) is 0. The second-order valence-corrected chi connectivity index (χ2v) is 8.16. The van der Waals surface area contributed by atoms with Crippen LogP contribution in [0.2, 0.25) is 0 Å². The van der Waals surface area contributed by atoms with Gasteiger partial charge < -0.3 is 0 Å². The van der Waals surface area contributed by atoms with Gasteiger partial charge in [-0.1, -0.05) is 22.1 Å². The van der Waals surface area contributed by atoms with Crippen LogP contribution in [0.4, 0.5) is 3.89 Å². The fourth-order valence-electron chi connectivity index (χ4n) is 1.29. The molecule has 96 valence electrons. The minimum atomic E-state index is -4.87. The van der Waals surface area contributed by atoms with Crippen LogP contribution in [0.5, 0.6) is 0 Å². The van der Waals surface area contributed by atoms with E-state index < -0.39 is 24.3 Å². The SMILES string of the molecule is O=S(=O)(F)c1ccc(S(=O)(=O)c2ccccc2)s1. The van der Waals surface area contributed by atoms with Gasteiger partial charge in [0.15, 0.2) is 4.21 Å². The zero-order chi connectivity index (χ0) is 13.4. The van der Waals surface area contributed by atoms with E-state index in [-0.39, 0.29) is 9.10 Å². The predicted octanol–water partition coefficient (Wildman–Crippen LogP) is 2.24. The molecule has 0 N–H and O–H groups in total. The van der Waals surface area contributed by atoms with Gasteiger partial charge in [0.1, 0.15) is 4.21 Å². The fraction of sp³-hybridized carbons (Fsp3) is 0. The van der Waals surface area contributed by atoms with E-state index in [1.807, 2.05) is 0 Å². The minimum Gasteiger partial charge on any atom is -0.218 e. The Morgan fingerprint density at radius 3 is 1.89 bits per heavy atom. The third kappa shape index (κ3) is 2.45. The third-order valence-corrected chi connectivity index (χ3v) is 6.72. The second-order valence-electron chi connectivity index (χ2n) is 3.33. The van der Waals surface area contributed by atoms with Crippen molar-refractivity contribution in [3.63, 3.8) is 0 Å². The van der Waals surface area contributed by atoms with Gasteiger partial charge in [0.25, 0.3) is 0 Å². The largest absolute Gasteiger partial charge is 0.341 e. The molecule has 0 amide bonds. The number of hydrogen-bond donors (Lipinski definition) is 0. The molecule has 0 bridgehead atoms. The Labute approximate surface area is 108 Å². The molecule has 4 nitrogen and oxygen atoms in total. The van der Waals surface area contributed by atoms with Crippen LogP contribution >= 0.6 is 11.3 Å². The molecule has 0 aliphatic carbocycles. The lowest BCUT2D eigenvalue weighted by Gasteiger charge is -2.00. The second kappa shape index (κ2) is 4.45. The van der Waals surface area contributed by atoms with Crippen LogP contribution in [0.25, 0.3) is 0 Å². The first-order valence-electron chi connectivity index (χ1n) is 4.66. The first-order valence-corrected chi connectivity index (χ1v) is 8.35. The van der Waals surface area contributed by atoms with Crippen molar-refractivity contribution < 1.29 is 20.7 Å². The van der Waals surface area contributed by atoms with Gasteiger partial charge in [-0.3, -0.25) is 0 Å². The lowest BCUT2D eigenvalue weighted by Crippen LogP contribution is -1.98. The Kier molecular flexibility index (Phi) is 3.26. The van der Waals surface area contributed by atoms with Crippen LogP contribution in [-0.2, 0) is 20.1 Å². The van der Waals surface area contributed by atoms with E-state index in [9.17, 15) is 20.7 Å². The highest BCUT2D eigenvalue weighted by Gasteiger charge is 2.23. The Morgan fingerprint density at radius 1 is 0.833 bits per heavy atom. The van der Waals surface area contributed by atoms with Gasteiger partial charge in [-0.25, -0.2) is 8.42 Å². The minimum absolute atomic E-state index is 0.0367. The van der Waals surface area contributed by atoms with E-state index in [4.69, 9.17) is 0 Å². The molecular formula is C10H7FO4S3. The molecule has 0 unspecified atom stereocenters. The van der Waals surface area contributed by atoms with Gasteiger partial charge in [-0.05, 0) is 24.3 Å². The molecule has 1 aromatic heterocycles. The summed E-state index contributed by atoms with van der Waals surface area (Å²) in [4.78, 5) is 0.0367. The maximum absolute atomic E-state index is 12.7. The first kappa shape index (κ1) is 13.2. The molecule has 0 spiro atoms. The number of benzene rings is 1. The van der Waals surface area contributed by atoms with Crippen molar-refractivity contribution in [2.45, 2.75) is 13.3 Å². The maximum atomic E-state index is 12.7. The first-order chi connectivity index (χ1) is 8.32. The van der Waals surface area contributed by atoms with Gasteiger partial charge >= 0.3 is 10.2 Å². The molecule has 0 fully saturated rings. The van der Waals surface area contributed by atoms with E-state index in [0.29, 0.717) is 11.3 Å². The van der Waals surface area contributed by atoms with Crippen molar-refractivity contribution in [2.75, 3.05) is 0 Å². The van der Waals surface area contributed by atoms with Crippen molar-refractivity contribution in [1.82, 2.24) is 0 Å². The summed E-state index contributed by atoms with van der Waals surface area (Å²) in [5.41, 5.74) is 0. The molecule has 0 saturated carbocycles. The number of rotatable bonds is 3. The highest BCUT2D eigenvalue weighted by molar-refractivity contribution is 7.94. The van der Waals surface area contributed by atoms with Gasteiger partial charge in [-0.2, -0.15) is 8.42 Å². The van der Waals surface area contributed by atoms with Crippen LogP contribution < -0.4 is 0 Å². The third-order valence-electron chi connectivity index (χ3n) is 2.12. The molecule has 0 saturated heterocycles. The van der Waals surface area contributed by atoms with E-state index in [2.05, 4.69) is 0 Å². The lowest BCUT2D eigenvalue weighted by atomic mass is 10.4. The van der Waals surface area contributed by atoms with Crippen LogP contribution in [0.3, 0.4) is 0 Å². The molecule has 1 aromatic carbocycles. The standard InChI is InChI=1S/C10H7FO4S3/c11-18(14,15)10-7-6-9(16-10)17(12,13)8-4-2-1-3-5-8/h1-7H. The molecule has 1 heterocycles. The average Bonchev–Trinajstić information content (AvgIpc) is 2.79. The zero-order valence-corrected chi connectivity index (χ0v) is 11.2. The maximum Gasteiger partial charge on any atom is 0.341 e. The van der Waals surface area contributed by atoms with Gasteiger partial charge in [0.05, 0.1) is 4.90 Å². The van der Waals surface area contributed by atoms with Crippen LogP contribution in [0, 0.1) is 0 Å². The summed E-state index contributed by atoms with van der Waals surface area (Å²) in [6, 6.07) is 9.55. The Bertz CT molecular complexity index is 760. The lowest BCUT2D eigenvalue weighted by molar-refractivity contribution is 0.554. The zero-order valence-electron chi connectivity index (χ0n) is 8.78. The fourth-order valence-corrected chi connectivity index (χ4v) is 4.81. The Hall–Kier alpha value is -1.25. The quantitative estimate of drug-likeness (QED) is 0.816. The molecule has 2 aromatic rings. The van der Waals surface area contributed by atoms with Gasteiger partial charge in [0.2, 0.25) is 9.84 Å². The molecular weight excluding hydrogens is 299 g/mol. The molecule has 0 aliphatic rings. The van der Waals surface area contributed by atoms with E-state index >= 15 is 0 Å². The van der Waals surface area contributed by atoms with Crippen LogP contribution in [0.1, 0.15) is 0 Å². The number of hydrogen-bond acceptors (Lipinski definition) is 5. The Morgan fingerprint density at radius 2 is 1.39 bits per heavy atom. The van der Waals surface area contributed by atoms with Crippen molar-refractivity contribution >= 4 is 31.4 Å². The van der Waals surface area contributed by atoms with Gasteiger partial charge in [-0.15, -0.1) is 11.3 Å². The smallest absolute Gasteiger partial charge is 0.218 e. The van der Waals surface area contributed by atoms with Gasteiger partial charge in [0, 0.05) is 0 Å². The number of thiophene rings is 1. The summed E-state index contributed by atoms with van der Waals surface area (Å²) in [5.74, 6) is 0. The van der Waals surface area contributed by atoms with E-state index in [0.717, 1.165) is 12.1 Å². The van der Waals surface area contributed by atoms with Crippen molar-refractivity contribution in [1.29, 1.82) is 0 Å². The summed E-state index contributed by atoms with van der Waals surface area (Å²) in [6.07, 6.45) is 0. The normalized spacial score (nSPS) is 12.5. The highest BCUT2D eigenvalue weighted by atomic mass is 32.3. The molecule has 0 radical (unpaired) electrons. The summed E-state index contributed by atoms with van der Waals surface area (Å²) in [5, 5.41) is 0. The van der Waals surface area contributed by atoms with Crippen molar-refractivity contribution in [3.8, 4) is 0 Å². The van der Waals surface area contributed by atoms with Crippen LogP contribution in [-0.4, -0.2) is 16.8 Å². The monoisotopic (exact) mass is 306 g/mol. The Balaban J connectivity index is 2.54. The van der Waals surface area contributed by atoms with Crippen molar-refractivity contribution in [3.05, 3.63) is 42.5 Å². The molecule has 8 heteroatoms. The van der Waals surface area contributed by atoms with E-state index in [1.165, 1.54) is 12.1 Å². The molecule has 0 aliphatic heterocycles. The summed E-state index contributed by atoms with van der Waals surface area (Å²) >= 11 is 0.391. The van der Waals surface area contributed by atoms with Crippen LogP contribution in [0.15, 0.2) is 55.8 Å². The van der Waals surface area contributed by atoms with E-state index in [1.54, 1.807) is 18.2 Å². The summed E-state index contributed by atoms with van der Waals surface area (Å²) in [7, 11) is -8.66.